The molecule has 1 amide bonds. The van der Waals surface area contributed by atoms with E-state index in [-0.39, 0.29) is 18.0 Å². The van der Waals surface area contributed by atoms with Gasteiger partial charge in [0.05, 0.1) is 4.92 Å². The average Bonchev–Trinajstić information content (AvgIpc) is 2.25. The SMILES string of the molecule is CC(C)(CC(N)=O)NCc1cccc([N+](=O)[O-])c1. The van der Waals surface area contributed by atoms with E-state index in [1.807, 2.05) is 13.8 Å². The van der Waals surface area contributed by atoms with Gasteiger partial charge in [0.25, 0.3) is 5.69 Å². The van der Waals surface area contributed by atoms with Crippen LogP contribution in [0.25, 0.3) is 0 Å². The van der Waals surface area contributed by atoms with E-state index in [0.29, 0.717) is 6.54 Å². The van der Waals surface area contributed by atoms with Crippen molar-refractivity contribution in [3.05, 3.63) is 39.9 Å². The van der Waals surface area contributed by atoms with Crippen LogP contribution in [-0.2, 0) is 11.3 Å². The quantitative estimate of drug-likeness (QED) is 0.588. The molecule has 1 aromatic carbocycles. The van der Waals surface area contributed by atoms with Gasteiger partial charge in [0.15, 0.2) is 0 Å². The molecule has 98 valence electrons. The fourth-order valence-electron chi connectivity index (χ4n) is 1.62. The van der Waals surface area contributed by atoms with Crippen molar-refractivity contribution in [1.29, 1.82) is 0 Å². The maximum Gasteiger partial charge on any atom is 0.269 e. The van der Waals surface area contributed by atoms with Crippen LogP contribution >= 0.6 is 0 Å². The second-order valence-electron chi connectivity index (χ2n) is 4.81. The highest BCUT2D eigenvalue weighted by Gasteiger charge is 2.19. The van der Waals surface area contributed by atoms with Gasteiger partial charge in [-0.1, -0.05) is 12.1 Å². The molecular formula is C12H17N3O3. The van der Waals surface area contributed by atoms with E-state index >= 15 is 0 Å². The largest absolute Gasteiger partial charge is 0.370 e. The number of nitrogens with one attached hydrogen (secondary N) is 1. The molecular weight excluding hydrogens is 234 g/mol. The molecule has 0 unspecified atom stereocenters. The normalized spacial score (nSPS) is 11.2. The van der Waals surface area contributed by atoms with E-state index in [4.69, 9.17) is 5.73 Å². The summed E-state index contributed by atoms with van der Waals surface area (Å²) in [6, 6.07) is 6.38. The van der Waals surface area contributed by atoms with E-state index in [9.17, 15) is 14.9 Å². The van der Waals surface area contributed by atoms with Crippen LogP contribution < -0.4 is 11.1 Å². The highest BCUT2D eigenvalue weighted by molar-refractivity contribution is 5.74. The molecule has 0 saturated heterocycles. The standard InChI is InChI=1S/C12H17N3O3/c1-12(2,7-11(13)16)14-8-9-4-3-5-10(6-9)15(17)18/h3-6,14H,7-8H2,1-2H3,(H2,13,16). The van der Waals surface area contributed by atoms with E-state index in [1.54, 1.807) is 12.1 Å². The zero-order valence-electron chi connectivity index (χ0n) is 10.5. The molecule has 0 aliphatic rings. The van der Waals surface area contributed by atoms with Crippen LogP contribution in [-0.4, -0.2) is 16.4 Å². The summed E-state index contributed by atoms with van der Waals surface area (Å²) >= 11 is 0. The molecule has 0 aliphatic heterocycles. The zero-order chi connectivity index (χ0) is 13.8. The van der Waals surface area contributed by atoms with Crippen molar-refractivity contribution in [3.63, 3.8) is 0 Å². The molecule has 1 aromatic rings. The number of nitrogens with two attached hydrogens (primary N) is 1. The molecule has 0 aromatic heterocycles. The van der Waals surface area contributed by atoms with Crippen molar-refractivity contribution >= 4 is 11.6 Å². The van der Waals surface area contributed by atoms with Gasteiger partial charge < -0.3 is 11.1 Å². The van der Waals surface area contributed by atoms with Gasteiger partial charge in [-0.05, 0) is 19.4 Å². The van der Waals surface area contributed by atoms with Crippen LogP contribution in [0.5, 0.6) is 0 Å². The number of primary amides is 1. The molecule has 0 fully saturated rings. The zero-order valence-corrected chi connectivity index (χ0v) is 10.5. The van der Waals surface area contributed by atoms with Crippen LogP contribution in [0.2, 0.25) is 0 Å². The molecule has 1 rings (SSSR count). The number of hydrogen-bond acceptors (Lipinski definition) is 4. The molecule has 0 heterocycles. The Morgan fingerprint density at radius 1 is 1.50 bits per heavy atom. The number of nitro groups is 1. The van der Waals surface area contributed by atoms with Crippen molar-refractivity contribution in [2.75, 3.05) is 0 Å². The Kier molecular flexibility index (Phi) is 4.38. The highest BCUT2D eigenvalue weighted by atomic mass is 16.6. The van der Waals surface area contributed by atoms with E-state index in [0.717, 1.165) is 5.56 Å². The lowest BCUT2D eigenvalue weighted by Gasteiger charge is -2.24. The summed E-state index contributed by atoms with van der Waals surface area (Å²) in [5.41, 5.74) is 5.56. The topological polar surface area (TPSA) is 98.3 Å². The average molecular weight is 251 g/mol. The number of amides is 1. The third-order valence-corrected chi connectivity index (χ3v) is 2.51. The Balaban J connectivity index is 2.66. The number of rotatable bonds is 6. The molecule has 6 nitrogen and oxygen atoms in total. The van der Waals surface area contributed by atoms with Gasteiger partial charge in [-0.25, -0.2) is 0 Å². The van der Waals surface area contributed by atoms with Crippen LogP contribution in [0.15, 0.2) is 24.3 Å². The molecule has 0 radical (unpaired) electrons. The summed E-state index contributed by atoms with van der Waals surface area (Å²) in [5, 5.41) is 13.8. The van der Waals surface area contributed by atoms with Crippen molar-refractivity contribution < 1.29 is 9.72 Å². The second-order valence-corrected chi connectivity index (χ2v) is 4.81. The van der Waals surface area contributed by atoms with Gasteiger partial charge in [0.1, 0.15) is 0 Å². The van der Waals surface area contributed by atoms with Gasteiger partial charge in [-0.3, -0.25) is 14.9 Å². The fraction of sp³-hybridized carbons (Fsp3) is 0.417. The summed E-state index contributed by atoms with van der Waals surface area (Å²) in [4.78, 5) is 21.1. The van der Waals surface area contributed by atoms with Crippen molar-refractivity contribution in [3.8, 4) is 0 Å². The summed E-state index contributed by atoms with van der Waals surface area (Å²) in [6.45, 7) is 4.16. The van der Waals surface area contributed by atoms with Gasteiger partial charge in [-0.2, -0.15) is 0 Å². The van der Waals surface area contributed by atoms with Crippen LogP contribution in [0.1, 0.15) is 25.8 Å². The summed E-state index contributed by atoms with van der Waals surface area (Å²) in [5.74, 6) is -0.383. The molecule has 6 heteroatoms. The van der Waals surface area contributed by atoms with Crippen molar-refractivity contribution in [1.82, 2.24) is 5.32 Å². The monoisotopic (exact) mass is 251 g/mol. The first kappa shape index (κ1) is 14.1. The van der Waals surface area contributed by atoms with Gasteiger partial charge in [-0.15, -0.1) is 0 Å². The Labute approximate surface area is 105 Å². The minimum atomic E-state index is -0.434. The number of hydrogen-bond donors (Lipinski definition) is 2. The third-order valence-electron chi connectivity index (χ3n) is 2.51. The second kappa shape index (κ2) is 5.59. The summed E-state index contributed by atoms with van der Waals surface area (Å²) in [7, 11) is 0. The number of non-ortho nitro benzene ring substituents is 1. The molecule has 0 bridgehead atoms. The van der Waals surface area contributed by atoms with E-state index in [2.05, 4.69) is 5.32 Å². The highest BCUT2D eigenvalue weighted by Crippen LogP contribution is 2.14. The number of carbonyl (C=O) groups is 1. The summed E-state index contributed by atoms with van der Waals surface area (Å²) < 4.78 is 0. The Bertz CT molecular complexity index is 458. The van der Waals surface area contributed by atoms with Crippen LogP contribution in [0, 0.1) is 10.1 Å². The first-order chi connectivity index (χ1) is 8.30. The van der Waals surface area contributed by atoms with Gasteiger partial charge >= 0.3 is 0 Å². The minimum Gasteiger partial charge on any atom is -0.370 e. The lowest BCUT2D eigenvalue weighted by molar-refractivity contribution is -0.384. The predicted octanol–water partition coefficient (Wildman–Crippen LogP) is 1.34. The van der Waals surface area contributed by atoms with Crippen molar-refractivity contribution in [2.24, 2.45) is 5.73 Å². The Hall–Kier alpha value is -1.95. The maximum absolute atomic E-state index is 10.9. The minimum absolute atomic E-state index is 0.0574. The molecule has 0 spiro atoms. The number of nitrogens with zero attached hydrogens (tertiary/aromatic N) is 1. The maximum atomic E-state index is 10.9. The van der Waals surface area contributed by atoms with Gasteiger partial charge in [0, 0.05) is 30.6 Å². The van der Waals surface area contributed by atoms with Crippen LogP contribution in [0.3, 0.4) is 0 Å². The summed E-state index contributed by atoms with van der Waals surface area (Å²) in [6.07, 6.45) is 0.210. The molecule has 18 heavy (non-hydrogen) atoms. The van der Waals surface area contributed by atoms with E-state index in [1.165, 1.54) is 12.1 Å². The number of nitro benzene ring substituents is 1. The first-order valence-corrected chi connectivity index (χ1v) is 5.57. The Morgan fingerprint density at radius 2 is 2.17 bits per heavy atom. The first-order valence-electron chi connectivity index (χ1n) is 5.57. The Morgan fingerprint density at radius 3 is 2.72 bits per heavy atom. The smallest absolute Gasteiger partial charge is 0.269 e. The molecule has 0 saturated carbocycles. The lowest BCUT2D eigenvalue weighted by Crippen LogP contribution is -2.42. The lowest BCUT2D eigenvalue weighted by atomic mass is 10.00. The number of carbonyl (C=O) groups excluding carboxylic acids is 1. The fourth-order valence-corrected chi connectivity index (χ4v) is 1.62. The van der Waals surface area contributed by atoms with Gasteiger partial charge in [0.2, 0.25) is 5.91 Å². The van der Waals surface area contributed by atoms with Crippen LogP contribution in [0.4, 0.5) is 5.69 Å². The van der Waals surface area contributed by atoms with Crippen molar-refractivity contribution in [2.45, 2.75) is 32.4 Å². The molecule has 0 atom stereocenters. The molecule has 0 aliphatic carbocycles. The number of benzene rings is 1. The third kappa shape index (κ3) is 4.50. The predicted molar refractivity (Wildman–Crippen MR) is 67.8 cm³/mol. The molecule has 3 N–H and O–H groups in total. The van der Waals surface area contributed by atoms with E-state index < -0.39 is 10.5 Å².